The first-order valence-corrected chi connectivity index (χ1v) is 7.39. The molecule has 0 aromatic heterocycles. The Bertz CT molecular complexity index is 154. The van der Waals surface area contributed by atoms with Gasteiger partial charge in [-0.05, 0) is 45.3 Å². The fourth-order valence-electron chi connectivity index (χ4n) is 1.72. The Hall–Kier alpha value is -0.200. The van der Waals surface area contributed by atoms with Gasteiger partial charge in [0.15, 0.2) is 0 Å². The maximum absolute atomic E-state index is 5.95. The van der Waals surface area contributed by atoms with Crippen molar-refractivity contribution in [3.8, 4) is 0 Å². The molecule has 0 aliphatic carbocycles. The van der Waals surface area contributed by atoms with Gasteiger partial charge in [-0.2, -0.15) is 0 Å². The molecule has 1 atom stereocenters. The molecule has 0 aliphatic heterocycles. The van der Waals surface area contributed by atoms with E-state index in [-0.39, 0.29) is 0 Å². The van der Waals surface area contributed by atoms with E-state index in [1.807, 2.05) is 0 Å². The average Bonchev–Trinajstić information content (AvgIpc) is 2.38. The summed E-state index contributed by atoms with van der Waals surface area (Å²) in [7, 11) is 0. The second kappa shape index (κ2) is 14.9. The van der Waals surface area contributed by atoms with Crippen LogP contribution in [0, 0.1) is 0 Å². The predicted octanol–water partition coefficient (Wildman–Crippen LogP) is -0.378. The van der Waals surface area contributed by atoms with Crippen LogP contribution in [0.5, 0.6) is 0 Å². The Morgan fingerprint density at radius 3 is 1.94 bits per heavy atom. The second-order valence-corrected chi connectivity index (χ2v) is 4.73. The van der Waals surface area contributed by atoms with Crippen LogP contribution in [0.3, 0.4) is 0 Å². The van der Waals surface area contributed by atoms with E-state index >= 15 is 0 Å². The molecule has 110 valence electrons. The van der Waals surface area contributed by atoms with Gasteiger partial charge in [0.2, 0.25) is 0 Å². The van der Waals surface area contributed by atoms with Gasteiger partial charge in [-0.3, -0.25) is 0 Å². The van der Waals surface area contributed by atoms with E-state index in [1.165, 1.54) is 6.42 Å². The molecule has 0 radical (unpaired) electrons. The molecule has 0 aromatic carbocycles. The highest BCUT2D eigenvalue weighted by atomic mass is 15.0. The van der Waals surface area contributed by atoms with E-state index in [4.69, 9.17) is 11.5 Å². The summed E-state index contributed by atoms with van der Waals surface area (Å²) in [6, 6.07) is 0.298. The SMILES string of the molecule is CCCNCCNCCNCCC(N)CCCN. The van der Waals surface area contributed by atoms with E-state index in [2.05, 4.69) is 22.9 Å². The molecule has 0 spiro atoms. The number of rotatable bonds is 14. The van der Waals surface area contributed by atoms with Gasteiger partial charge in [-0.1, -0.05) is 6.92 Å². The van der Waals surface area contributed by atoms with Crippen molar-refractivity contribution in [1.82, 2.24) is 16.0 Å². The molecule has 0 rings (SSSR count). The van der Waals surface area contributed by atoms with E-state index in [1.54, 1.807) is 0 Å². The largest absolute Gasteiger partial charge is 0.330 e. The van der Waals surface area contributed by atoms with Crippen molar-refractivity contribution in [2.45, 2.75) is 38.6 Å². The van der Waals surface area contributed by atoms with E-state index in [9.17, 15) is 0 Å². The van der Waals surface area contributed by atoms with Crippen molar-refractivity contribution in [1.29, 1.82) is 0 Å². The van der Waals surface area contributed by atoms with Gasteiger partial charge in [0.25, 0.3) is 0 Å². The average molecular weight is 259 g/mol. The highest BCUT2D eigenvalue weighted by Gasteiger charge is 2.00. The Labute approximate surface area is 112 Å². The van der Waals surface area contributed by atoms with Gasteiger partial charge in [-0.25, -0.2) is 0 Å². The molecular weight excluding hydrogens is 226 g/mol. The summed E-state index contributed by atoms with van der Waals surface area (Å²) >= 11 is 0. The normalized spacial score (nSPS) is 12.8. The fraction of sp³-hybridized carbons (Fsp3) is 1.00. The third kappa shape index (κ3) is 13.9. The molecule has 7 N–H and O–H groups in total. The molecule has 0 bridgehead atoms. The minimum Gasteiger partial charge on any atom is -0.330 e. The number of hydrogen-bond donors (Lipinski definition) is 5. The summed E-state index contributed by atoms with van der Waals surface area (Å²) in [5.41, 5.74) is 11.4. The Kier molecular flexibility index (Phi) is 14.7. The number of hydrogen-bond acceptors (Lipinski definition) is 5. The first-order chi connectivity index (χ1) is 8.81. The van der Waals surface area contributed by atoms with Gasteiger partial charge in [0.1, 0.15) is 0 Å². The van der Waals surface area contributed by atoms with Crippen LogP contribution in [0.4, 0.5) is 0 Å². The summed E-state index contributed by atoms with van der Waals surface area (Å²) in [4.78, 5) is 0. The highest BCUT2D eigenvalue weighted by Crippen LogP contribution is 1.96. The van der Waals surface area contributed by atoms with Crippen molar-refractivity contribution in [2.75, 3.05) is 45.8 Å². The zero-order valence-electron chi connectivity index (χ0n) is 12.0. The molecular formula is C13H33N5. The van der Waals surface area contributed by atoms with Gasteiger partial charge < -0.3 is 27.4 Å². The quantitative estimate of drug-likeness (QED) is 0.275. The van der Waals surface area contributed by atoms with Gasteiger partial charge in [0.05, 0.1) is 0 Å². The fourth-order valence-corrected chi connectivity index (χ4v) is 1.72. The Morgan fingerprint density at radius 2 is 1.39 bits per heavy atom. The molecule has 0 saturated heterocycles. The lowest BCUT2D eigenvalue weighted by molar-refractivity contribution is 0.512. The molecule has 0 aromatic rings. The van der Waals surface area contributed by atoms with Gasteiger partial charge >= 0.3 is 0 Å². The Balaban J connectivity index is 3.02. The molecule has 0 aliphatic rings. The van der Waals surface area contributed by atoms with Crippen molar-refractivity contribution in [2.24, 2.45) is 11.5 Å². The molecule has 5 nitrogen and oxygen atoms in total. The minimum absolute atomic E-state index is 0.298. The smallest absolute Gasteiger partial charge is 0.00772 e. The maximum atomic E-state index is 5.95. The molecule has 0 saturated carbocycles. The lowest BCUT2D eigenvalue weighted by Crippen LogP contribution is -2.34. The molecule has 1 unspecified atom stereocenters. The third-order valence-electron chi connectivity index (χ3n) is 2.85. The molecule has 0 heterocycles. The zero-order valence-corrected chi connectivity index (χ0v) is 12.0. The zero-order chi connectivity index (χ0) is 13.5. The monoisotopic (exact) mass is 259 g/mol. The van der Waals surface area contributed by atoms with Crippen molar-refractivity contribution < 1.29 is 0 Å². The molecule has 18 heavy (non-hydrogen) atoms. The summed E-state index contributed by atoms with van der Waals surface area (Å²) < 4.78 is 0. The standard InChI is InChI=1S/C13H33N5/c1-2-7-16-9-11-18-12-10-17-8-5-13(15)4-3-6-14/h13,16-18H,2-12,14-15H2,1H3. The molecule has 0 amide bonds. The first-order valence-electron chi connectivity index (χ1n) is 7.39. The van der Waals surface area contributed by atoms with Crippen molar-refractivity contribution in [3.63, 3.8) is 0 Å². The lowest BCUT2D eigenvalue weighted by Gasteiger charge is -2.11. The van der Waals surface area contributed by atoms with Crippen molar-refractivity contribution in [3.05, 3.63) is 0 Å². The van der Waals surface area contributed by atoms with Crippen LogP contribution in [0.15, 0.2) is 0 Å². The van der Waals surface area contributed by atoms with Crippen LogP contribution < -0.4 is 27.4 Å². The van der Waals surface area contributed by atoms with Crippen LogP contribution in [0.2, 0.25) is 0 Å². The first kappa shape index (κ1) is 17.8. The van der Waals surface area contributed by atoms with Crippen LogP contribution >= 0.6 is 0 Å². The van der Waals surface area contributed by atoms with Crippen molar-refractivity contribution >= 4 is 0 Å². The summed E-state index contributed by atoms with van der Waals surface area (Å²) in [5.74, 6) is 0. The van der Waals surface area contributed by atoms with E-state index in [0.717, 1.165) is 65.1 Å². The highest BCUT2D eigenvalue weighted by molar-refractivity contribution is 4.64. The lowest BCUT2D eigenvalue weighted by atomic mass is 10.1. The molecule has 0 fully saturated rings. The van der Waals surface area contributed by atoms with Crippen LogP contribution in [0.25, 0.3) is 0 Å². The van der Waals surface area contributed by atoms with E-state index < -0.39 is 0 Å². The van der Waals surface area contributed by atoms with Gasteiger partial charge in [-0.15, -0.1) is 0 Å². The third-order valence-corrected chi connectivity index (χ3v) is 2.85. The van der Waals surface area contributed by atoms with E-state index in [0.29, 0.717) is 6.04 Å². The summed E-state index contributed by atoms with van der Waals surface area (Å²) in [6.07, 6.45) is 4.32. The van der Waals surface area contributed by atoms with Gasteiger partial charge in [0, 0.05) is 32.2 Å². The van der Waals surface area contributed by atoms with Crippen LogP contribution in [0.1, 0.15) is 32.6 Å². The van der Waals surface area contributed by atoms with Crippen LogP contribution in [-0.2, 0) is 0 Å². The second-order valence-electron chi connectivity index (χ2n) is 4.73. The topological polar surface area (TPSA) is 88.1 Å². The Morgan fingerprint density at radius 1 is 0.833 bits per heavy atom. The predicted molar refractivity (Wildman–Crippen MR) is 79.8 cm³/mol. The summed E-state index contributed by atoms with van der Waals surface area (Å²) in [5, 5.41) is 10.2. The maximum Gasteiger partial charge on any atom is 0.00772 e. The molecule has 5 heteroatoms. The minimum atomic E-state index is 0.298. The number of nitrogens with two attached hydrogens (primary N) is 2. The number of nitrogens with one attached hydrogen (secondary N) is 3. The summed E-state index contributed by atoms with van der Waals surface area (Å²) in [6.45, 7) is 9.17. The van der Waals surface area contributed by atoms with Crippen LogP contribution in [-0.4, -0.2) is 51.9 Å².